The van der Waals surface area contributed by atoms with E-state index >= 15 is 0 Å². The van der Waals surface area contributed by atoms with E-state index in [0.717, 1.165) is 11.3 Å². The van der Waals surface area contributed by atoms with Gasteiger partial charge in [-0.1, -0.05) is 47.5 Å². The molecule has 5 nitrogen and oxygen atoms in total. The van der Waals surface area contributed by atoms with Crippen molar-refractivity contribution in [3.05, 3.63) is 58.1 Å². The van der Waals surface area contributed by atoms with Crippen LogP contribution in [0.5, 0.6) is 5.75 Å². The summed E-state index contributed by atoms with van der Waals surface area (Å²) in [5, 5.41) is 3.35. The topological polar surface area (TPSA) is 58.6 Å². The van der Waals surface area contributed by atoms with Gasteiger partial charge in [-0.25, -0.2) is 0 Å². The fraction of sp³-hybridized carbons (Fsp3) is 0.263. The van der Waals surface area contributed by atoms with E-state index in [4.69, 9.17) is 27.9 Å². The summed E-state index contributed by atoms with van der Waals surface area (Å²) in [5.74, 6) is 0.193. The molecule has 0 unspecified atom stereocenters. The number of nitrogens with one attached hydrogen (secondary N) is 1. The lowest BCUT2D eigenvalue weighted by Crippen LogP contribution is -2.38. The minimum atomic E-state index is -0.366. The highest BCUT2D eigenvalue weighted by Crippen LogP contribution is 2.29. The maximum atomic E-state index is 12.3. The van der Waals surface area contributed by atoms with Gasteiger partial charge in [0.15, 0.2) is 0 Å². The van der Waals surface area contributed by atoms with E-state index < -0.39 is 0 Å². The van der Waals surface area contributed by atoms with Crippen LogP contribution in [-0.2, 0) is 16.0 Å². The van der Waals surface area contributed by atoms with Crippen LogP contribution >= 0.6 is 23.2 Å². The fourth-order valence-corrected chi connectivity index (χ4v) is 2.97. The first kappa shape index (κ1) is 20.1. The van der Waals surface area contributed by atoms with Gasteiger partial charge >= 0.3 is 0 Å². The minimum absolute atomic E-state index is 0.0912. The first-order chi connectivity index (χ1) is 12.4. The second kappa shape index (κ2) is 9.46. The minimum Gasteiger partial charge on any atom is -0.496 e. The van der Waals surface area contributed by atoms with Gasteiger partial charge in [0.1, 0.15) is 5.75 Å². The number of carbonyl (C=O) groups excluding carboxylic acids is 2. The summed E-state index contributed by atoms with van der Waals surface area (Å²) in [4.78, 5) is 25.7. The molecule has 0 aliphatic heterocycles. The van der Waals surface area contributed by atoms with Crippen LogP contribution in [0, 0.1) is 0 Å². The summed E-state index contributed by atoms with van der Waals surface area (Å²) in [6, 6.07) is 12.5. The van der Waals surface area contributed by atoms with Crippen molar-refractivity contribution in [1.82, 2.24) is 4.90 Å². The number of hydrogen-bond acceptors (Lipinski definition) is 3. The number of carbonyl (C=O) groups is 2. The Kier molecular flexibility index (Phi) is 7.30. The van der Waals surface area contributed by atoms with E-state index in [1.54, 1.807) is 25.3 Å². The number of benzene rings is 2. The van der Waals surface area contributed by atoms with E-state index in [0.29, 0.717) is 28.7 Å². The number of halogens is 2. The molecule has 0 fully saturated rings. The predicted molar refractivity (Wildman–Crippen MR) is 104 cm³/mol. The van der Waals surface area contributed by atoms with Gasteiger partial charge in [0.05, 0.1) is 29.4 Å². The Morgan fingerprint density at radius 1 is 1.08 bits per heavy atom. The molecule has 0 aliphatic carbocycles. The van der Waals surface area contributed by atoms with E-state index in [9.17, 15) is 9.59 Å². The molecule has 138 valence electrons. The summed E-state index contributed by atoms with van der Waals surface area (Å²) in [6.45, 7) is 1.73. The van der Waals surface area contributed by atoms with Gasteiger partial charge in [0.2, 0.25) is 11.8 Å². The van der Waals surface area contributed by atoms with E-state index in [2.05, 4.69) is 5.32 Å². The molecule has 1 N–H and O–H groups in total. The largest absolute Gasteiger partial charge is 0.496 e. The van der Waals surface area contributed by atoms with Gasteiger partial charge in [-0.05, 0) is 30.2 Å². The summed E-state index contributed by atoms with van der Waals surface area (Å²) < 4.78 is 5.31. The number of para-hydroxylation sites is 2. The van der Waals surface area contributed by atoms with Crippen LogP contribution in [0.3, 0.4) is 0 Å². The van der Waals surface area contributed by atoms with Gasteiger partial charge in [0, 0.05) is 13.5 Å². The van der Waals surface area contributed by atoms with Crippen molar-refractivity contribution in [3.8, 4) is 5.75 Å². The number of rotatable bonds is 7. The van der Waals surface area contributed by atoms with Crippen molar-refractivity contribution in [3.63, 3.8) is 0 Å². The third-order valence-corrected chi connectivity index (χ3v) is 4.48. The van der Waals surface area contributed by atoms with Gasteiger partial charge in [-0.15, -0.1) is 0 Å². The Morgan fingerprint density at radius 2 is 1.73 bits per heavy atom. The molecule has 0 spiro atoms. The lowest BCUT2D eigenvalue weighted by atomic mass is 10.1. The van der Waals surface area contributed by atoms with Gasteiger partial charge in [0.25, 0.3) is 0 Å². The Bertz CT molecular complexity index is 776. The summed E-state index contributed by atoms with van der Waals surface area (Å²) in [5.41, 5.74) is 1.31. The molecule has 0 saturated heterocycles. The van der Waals surface area contributed by atoms with Crippen molar-refractivity contribution in [2.45, 2.75) is 13.3 Å². The molecule has 0 saturated carbocycles. The second-order valence-electron chi connectivity index (χ2n) is 5.65. The smallest absolute Gasteiger partial charge is 0.244 e. The van der Waals surface area contributed by atoms with Crippen LogP contribution in [0.2, 0.25) is 10.0 Å². The van der Waals surface area contributed by atoms with Crippen LogP contribution in [0.1, 0.15) is 12.5 Å². The molecule has 0 heterocycles. The van der Waals surface area contributed by atoms with Crippen molar-refractivity contribution in [2.75, 3.05) is 25.5 Å². The Morgan fingerprint density at radius 3 is 2.35 bits per heavy atom. The number of amides is 2. The monoisotopic (exact) mass is 394 g/mol. The molecule has 2 amide bonds. The van der Waals surface area contributed by atoms with Crippen LogP contribution in [-0.4, -0.2) is 36.9 Å². The Balaban J connectivity index is 2.01. The van der Waals surface area contributed by atoms with Gasteiger partial charge in [-0.3, -0.25) is 9.59 Å². The third kappa shape index (κ3) is 5.38. The molecule has 2 aromatic rings. The number of hydrogen-bond donors (Lipinski definition) is 1. The molecule has 7 heteroatoms. The number of ether oxygens (including phenoxy) is 1. The van der Waals surface area contributed by atoms with E-state index in [1.165, 1.54) is 11.8 Å². The Hall–Kier alpha value is -2.24. The molecule has 26 heavy (non-hydrogen) atoms. The molecule has 0 aliphatic rings. The first-order valence-electron chi connectivity index (χ1n) is 8.03. The normalized spacial score (nSPS) is 10.3. The average molecular weight is 395 g/mol. The molecule has 2 rings (SSSR count). The molecular weight excluding hydrogens is 375 g/mol. The molecule has 0 radical (unpaired) electrons. The molecule has 2 aromatic carbocycles. The van der Waals surface area contributed by atoms with Crippen molar-refractivity contribution in [1.29, 1.82) is 0 Å². The zero-order valence-electron chi connectivity index (χ0n) is 14.6. The highest BCUT2D eigenvalue weighted by molar-refractivity contribution is 6.39. The van der Waals surface area contributed by atoms with Gasteiger partial charge < -0.3 is 15.0 Å². The molecular formula is C19H20Cl2N2O3. The number of nitrogens with zero attached hydrogens (tertiary/aromatic N) is 1. The van der Waals surface area contributed by atoms with Crippen LogP contribution < -0.4 is 10.1 Å². The lowest BCUT2D eigenvalue weighted by molar-refractivity contribution is -0.132. The van der Waals surface area contributed by atoms with Crippen LogP contribution in [0.15, 0.2) is 42.5 Å². The highest BCUT2D eigenvalue weighted by Gasteiger charge is 2.16. The summed E-state index contributed by atoms with van der Waals surface area (Å²) >= 11 is 12.1. The average Bonchev–Trinajstić information content (AvgIpc) is 2.61. The molecule has 0 atom stereocenters. The first-order valence-corrected chi connectivity index (χ1v) is 8.79. The maximum Gasteiger partial charge on any atom is 0.244 e. The number of methoxy groups -OCH3 is 1. The zero-order chi connectivity index (χ0) is 19.1. The van der Waals surface area contributed by atoms with E-state index in [-0.39, 0.29) is 18.4 Å². The van der Waals surface area contributed by atoms with E-state index in [1.807, 2.05) is 24.3 Å². The Labute approximate surface area is 162 Å². The van der Waals surface area contributed by atoms with Crippen LogP contribution in [0.4, 0.5) is 5.69 Å². The van der Waals surface area contributed by atoms with Crippen molar-refractivity contribution >= 4 is 40.7 Å². The summed E-state index contributed by atoms with van der Waals surface area (Å²) in [7, 11) is 1.60. The number of anilines is 1. The SMILES string of the molecule is COc1ccccc1CCN(CC(=O)Nc1c(Cl)cccc1Cl)C(C)=O. The zero-order valence-corrected chi connectivity index (χ0v) is 16.1. The highest BCUT2D eigenvalue weighted by atomic mass is 35.5. The third-order valence-electron chi connectivity index (χ3n) is 3.85. The summed E-state index contributed by atoms with van der Waals surface area (Å²) in [6.07, 6.45) is 0.573. The van der Waals surface area contributed by atoms with Gasteiger partial charge in [-0.2, -0.15) is 0 Å². The standard InChI is InChI=1S/C19H20Cl2N2O3/c1-13(24)23(11-10-14-6-3-4-9-17(14)26-2)12-18(25)22-19-15(20)7-5-8-16(19)21/h3-9H,10-12H2,1-2H3,(H,22,25). The van der Waals surface area contributed by atoms with Crippen molar-refractivity contribution in [2.24, 2.45) is 0 Å². The van der Waals surface area contributed by atoms with Crippen molar-refractivity contribution < 1.29 is 14.3 Å². The predicted octanol–water partition coefficient (Wildman–Crippen LogP) is 4.03. The quantitative estimate of drug-likeness (QED) is 0.770. The maximum absolute atomic E-state index is 12.3. The molecule has 0 aromatic heterocycles. The van der Waals surface area contributed by atoms with Crippen LogP contribution in [0.25, 0.3) is 0 Å². The lowest BCUT2D eigenvalue weighted by Gasteiger charge is -2.21. The second-order valence-corrected chi connectivity index (χ2v) is 6.46. The molecule has 0 bridgehead atoms. The fourth-order valence-electron chi connectivity index (χ4n) is 2.48.